The summed E-state index contributed by atoms with van der Waals surface area (Å²) >= 11 is 0. The molecule has 7 rings (SSSR count). The van der Waals surface area contributed by atoms with Crippen molar-refractivity contribution in [3.8, 4) is 28.9 Å². The lowest BCUT2D eigenvalue weighted by Crippen LogP contribution is -2.43. The first kappa shape index (κ1) is 27.8. The Morgan fingerprint density at radius 1 is 1.23 bits per heavy atom. The summed E-state index contributed by atoms with van der Waals surface area (Å²) in [6.45, 7) is 6.60. The number of hydrogen-bond donors (Lipinski definition) is 2. The number of aryl methyl sites for hydroxylation is 1. The highest BCUT2D eigenvalue weighted by Gasteiger charge is 2.49. The van der Waals surface area contributed by atoms with E-state index in [1.54, 1.807) is 6.92 Å². The van der Waals surface area contributed by atoms with Gasteiger partial charge in [-0.05, 0) is 62.7 Å². The third-order valence-electron chi connectivity index (χ3n) is 9.05. The summed E-state index contributed by atoms with van der Waals surface area (Å²) < 4.78 is 58.1. The largest absolute Gasteiger partial charge is 0.508 e. The maximum absolute atomic E-state index is 16.7. The number of nitrogens with zero attached hydrogens (tertiary/aromatic N) is 4. The number of benzene rings is 2. The van der Waals surface area contributed by atoms with E-state index in [4.69, 9.17) is 9.47 Å². The second kappa shape index (κ2) is 10.3. The van der Waals surface area contributed by atoms with E-state index in [1.165, 1.54) is 30.3 Å². The third kappa shape index (κ3) is 4.56. The highest BCUT2D eigenvalue weighted by atomic mass is 19.1. The van der Waals surface area contributed by atoms with Crippen LogP contribution in [0.5, 0.6) is 17.6 Å². The van der Waals surface area contributed by atoms with Gasteiger partial charge in [0.1, 0.15) is 41.7 Å². The third-order valence-corrected chi connectivity index (χ3v) is 9.05. The minimum atomic E-state index is -0.947. The second-order valence-electron chi connectivity index (χ2n) is 11.8. The van der Waals surface area contributed by atoms with E-state index in [2.05, 4.69) is 26.4 Å². The van der Waals surface area contributed by atoms with Crippen molar-refractivity contribution in [3.63, 3.8) is 0 Å². The number of halogens is 3. The summed E-state index contributed by atoms with van der Waals surface area (Å²) in [7, 11) is 0. The number of aliphatic hydroxyl groups excluding tert-OH is 1. The molecule has 0 aliphatic carbocycles. The number of alkyl halides is 1. The van der Waals surface area contributed by atoms with Crippen LogP contribution in [0.2, 0.25) is 0 Å². The topological polar surface area (TPSA) is 101 Å². The van der Waals surface area contributed by atoms with E-state index in [9.17, 15) is 19.0 Å². The molecule has 3 aliphatic rings. The predicted molar refractivity (Wildman–Crippen MR) is 155 cm³/mol. The van der Waals surface area contributed by atoms with Crippen molar-refractivity contribution >= 4 is 27.8 Å². The highest BCUT2D eigenvalue weighted by molar-refractivity contribution is 6.04. The van der Waals surface area contributed by atoms with Gasteiger partial charge in [-0.25, -0.2) is 18.2 Å². The summed E-state index contributed by atoms with van der Waals surface area (Å²) in [6.07, 6.45) is 1.60. The molecule has 0 radical (unpaired) electrons. The molecule has 2 N–H and O–H groups in total. The van der Waals surface area contributed by atoms with Gasteiger partial charge in [0.25, 0.3) is 0 Å². The van der Waals surface area contributed by atoms with Crippen molar-refractivity contribution in [2.45, 2.75) is 62.9 Å². The molecule has 5 heterocycles. The number of hydrogen-bond acceptors (Lipinski definition) is 8. The number of aliphatic hydroxyl groups is 1. The number of aromatic nitrogens is 3. The monoisotopic (exact) mass is 592 g/mol. The molecule has 2 aromatic heterocycles. The molecule has 224 valence electrons. The molecule has 11 heteroatoms. The lowest BCUT2D eigenvalue weighted by atomic mass is 9.95. The van der Waals surface area contributed by atoms with Crippen molar-refractivity contribution < 1.29 is 32.9 Å². The van der Waals surface area contributed by atoms with Gasteiger partial charge >= 0.3 is 6.01 Å². The Kier molecular flexibility index (Phi) is 6.70. The number of phenols is 1. The number of phenolic OH excluding ortho intramolecular Hbond substituents is 1. The van der Waals surface area contributed by atoms with Gasteiger partial charge in [0.2, 0.25) is 5.88 Å². The van der Waals surface area contributed by atoms with Gasteiger partial charge in [-0.2, -0.15) is 9.97 Å². The molecule has 4 atom stereocenters. The molecule has 4 aromatic rings. The van der Waals surface area contributed by atoms with Crippen LogP contribution in [-0.2, 0) is 6.42 Å². The zero-order valence-electron chi connectivity index (χ0n) is 23.6. The van der Waals surface area contributed by atoms with Gasteiger partial charge in [0.05, 0.1) is 22.7 Å². The van der Waals surface area contributed by atoms with Gasteiger partial charge in [0, 0.05) is 29.5 Å². The first-order valence-electron chi connectivity index (χ1n) is 14.5. The normalized spacial score (nSPS) is 24.1. The molecule has 0 spiro atoms. The zero-order valence-corrected chi connectivity index (χ0v) is 23.6. The van der Waals surface area contributed by atoms with E-state index in [0.29, 0.717) is 42.3 Å². The Morgan fingerprint density at radius 3 is 2.86 bits per heavy atom. The second-order valence-corrected chi connectivity index (χ2v) is 11.8. The molecule has 8 nitrogen and oxygen atoms in total. The van der Waals surface area contributed by atoms with E-state index in [1.807, 2.05) is 0 Å². The van der Waals surface area contributed by atoms with Gasteiger partial charge in [-0.15, -0.1) is 0 Å². The summed E-state index contributed by atoms with van der Waals surface area (Å²) in [4.78, 5) is 15.7. The predicted octanol–water partition coefficient (Wildman–Crippen LogP) is 5.50. The molecular weight excluding hydrogens is 561 g/mol. The Balaban J connectivity index is 1.41. The maximum atomic E-state index is 16.7. The van der Waals surface area contributed by atoms with Crippen molar-refractivity contribution in [2.75, 3.05) is 19.7 Å². The standard InChI is InChI=1S/C32H31F3N4O4/c1-3-20-22(34)6-5-17-11-19(41)12-21(25(17)20)28-27(35)29-26-23(36-28)7-8-24(16(2)40)43-30(26)38-31(37-29)42-15-32-9-4-10-39(32)14-18(33)13-32/h3,5-6,11-12,16,18,24,40-41H,1,4,7-10,13-15H2,2H3/t16-,18+,24+,32-/m0/s1. The first-order valence-corrected chi connectivity index (χ1v) is 14.5. The average molecular weight is 593 g/mol. The quantitative estimate of drug-likeness (QED) is 0.303. The molecule has 0 unspecified atom stereocenters. The fourth-order valence-electron chi connectivity index (χ4n) is 7.01. The van der Waals surface area contributed by atoms with Crippen molar-refractivity contribution in [1.29, 1.82) is 0 Å². The molecule has 2 aromatic carbocycles. The Labute approximate surface area is 245 Å². The number of pyridine rings is 1. The number of aromatic hydroxyl groups is 1. The van der Waals surface area contributed by atoms with Crippen LogP contribution in [0.15, 0.2) is 30.8 Å². The average Bonchev–Trinajstić information content (AvgIpc) is 3.43. The molecular formula is C32H31F3N4O4. The van der Waals surface area contributed by atoms with Crippen LogP contribution in [0.1, 0.15) is 43.9 Å². The van der Waals surface area contributed by atoms with Crippen LogP contribution in [-0.4, -0.2) is 73.7 Å². The van der Waals surface area contributed by atoms with Gasteiger partial charge < -0.3 is 19.7 Å². The van der Waals surface area contributed by atoms with E-state index in [-0.39, 0.29) is 52.0 Å². The lowest BCUT2D eigenvalue weighted by Gasteiger charge is -2.30. The summed E-state index contributed by atoms with van der Waals surface area (Å²) in [5, 5.41) is 22.0. The van der Waals surface area contributed by atoms with Crippen LogP contribution in [0.25, 0.3) is 39.0 Å². The van der Waals surface area contributed by atoms with E-state index >= 15 is 4.39 Å². The zero-order chi connectivity index (χ0) is 30.0. The summed E-state index contributed by atoms with van der Waals surface area (Å²) in [5.41, 5.74) is 0.0108. The van der Waals surface area contributed by atoms with Crippen LogP contribution < -0.4 is 9.47 Å². The smallest absolute Gasteiger partial charge is 0.320 e. The Bertz CT molecular complexity index is 1780. The molecule has 0 bridgehead atoms. The fraction of sp³-hybridized carbons (Fsp3) is 0.406. The van der Waals surface area contributed by atoms with E-state index in [0.717, 1.165) is 19.4 Å². The maximum Gasteiger partial charge on any atom is 0.320 e. The Hall–Kier alpha value is -3.96. The highest BCUT2D eigenvalue weighted by Crippen LogP contribution is 2.43. The Morgan fingerprint density at radius 2 is 2.07 bits per heavy atom. The van der Waals surface area contributed by atoms with Crippen molar-refractivity contribution in [2.24, 2.45) is 0 Å². The molecule has 2 saturated heterocycles. The summed E-state index contributed by atoms with van der Waals surface area (Å²) in [5.74, 6) is -1.50. The SMILES string of the molecule is C=Cc1c(F)ccc2cc(O)cc(-c3nc4c5c(nc(OC[C@@]67CCCN6C[C@H](F)C7)nc5c3F)O[C@@H]([C@H](C)O)CC4)c12. The molecule has 0 amide bonds. The van der Waals surface area contributed by atoms with Crippen LogP contribution in [0, 0.1) is 11.6 Å². The minimum absolute atomic E-state index is 0.0329. The minimum Gasteiger partial charge on any atom is -0.508 e. The lowest BCUT2D eigenvalue weighted by molar-refractivity contribution is 0.0423. The first-order chi connectivity index (χ1) is 20.7. The number of ether oxygens (including phenoxy) is 2. The molecule has 43 heavy (non-hydrogen) atoms. The van der Waals surface area contributed by atoms with Gasteiger partial charge in [0.15, 0.2) is 5.82 Å². The fourth-order valence-corrected chi connectivity index (χ4v) is 7.01. The number of rotatable bonds is 6. The van der Waals surface area contributed by atoms with Crippen LogP contribution in [0.4, 0.5) is 13.2 Å². The molecule has 2 fully saturated rings. The van der Waals surface area contributed by atoms with Crippen molar-refractivity contribution in [3.05, 3.63) is 53.7 Å². The number of fused-ring (bicyclic) bond motifs is 2. The van der Waals surface area contributed by atoms with Gasteiger partial charge in [-0.3, -0.25) is 4.90 Å². The van der Waals surface area contributed by atoms with Crippen LogP contribution >= 0.6 is 0 Å². The van der Waals surface area contributed by atoms with E-state index < -0.39 is 35.6 Å². The summed E-state index contributed by atoms with van der Waals surface area (Å²) in [6, 6.07) is 5.42. The van der Waals surface area contributed by atoms with Crippen LogP contribution in [0.3, 0.4) is 0 Å². The molecule has 0 saturated carbocycles. The van der Waals surface area contributed by atoms with Gasteiger partial charge in [-0.1, -0.05) is 18.7 Å². The molecule has 3 aliphatic heterocycles. The van der Waals surface area contributed by atoms with Crippen molar-refractivity contribution in [1.82, 2.24) is 19.9 Å².